The Morgan fingerprint density at radius 3 is 0.699 bits per heavy atom. The molecule has 24 aromatic carbocycles. The van der Waals surface area contributed by atoms with Gasteiger partial charge in [0.05, 0.1) is 100 Å². The van der Waals surface area contributed by atoms with Crippen molar-refractivity contribution in [3.8, 4) is 89.0 Å². The molecule has 4 nitrogen and oxygen atoms in total. The fraction of sp³-hybridized carbons (Fsp3) is 0. The van der Waals surface area contributed by atoms with Gasteiger partial charge >= 0.3 is 0 Å². The van der Waals surface area contributed by atoms with Gasteiger partial charge in [0.1, 0.15) is 23.3 Å². The van der Waals surface area contributed by atoms with Crippen LogP contribution in [-0.4, -0.2) is 0 Å². The smallest absolute Gasteiger partial charge is 0.125 e. The van der Waals surface area contributed by atoms with E-state index in [9.17, 15) is 11.0 Å². The predicted molar refractivity (Wildman–Crippen MR) is 562 cm³/mol. The van der Waals surface area contributed by atoms with Crippen molar-refractivity contribution in [2.24, 2.45) is 0 Å². The van der Waals surface area contributed by atoms with Gasteiger partial charge in [-0.3, -0.25) is 0 Å². The monoisotopic (exact) mass is 1790 g/mol. The first kappa shape index (κ1) is 50.1. The molecule has 24 aromatic rings. The number of nitrogens with zero attached hydrogens (tertiary/aromatic N) is 4. The fourth-order valence-corrected chi connectivity index (χ4v) is 17.9. The molecule has 0 radical (unpaired) electrons. The van der Waals surface area contributed by atoms with Gasteiger partial charge in [0.25, 0.3) is 0 Å². The first-order valence-corrected chi connectivity index (χ1v) is 42.5. The quantitative estimate of drug-likeness (QED) is 0.0557. The summed E-state index contributed by atoms with van der Waals surface area (Å²) >= 11 is 0. The maximum absolute atomic E-state index is 15.9. The molecule has 644 valence electrons. The molecule has 8 heteroatoms. The Hall–Kier alpha value is -17.7. The van der Waals surface area contributed by atoms with Crippen molar-refractivity contribution in [3.05, 3.63) is 532 Å². The highest BCUT2D eigenvalue weighted by Gasteiger charge is 2.31. The number of anilines is 12. The van der Waals surface area contributed by atoms with Crippen LogP contribution in [0.1, 0.15) is 54.8 Å². The van der Waals surface area contributed by atoms with Crippen LogP contribution >= 0.6 is 0 Å². The Balaban J connectivity index is 0.000000186. The zero-order chi connectivity index (χ0) is 126. The molecule has 0 amide bonds. The third kappa shape index (κ3) is 15.6. The second kappa shape index (κ2) is 35.9. The highest BCUT2D eigenvalue weighted by Crippen LogP contribution is 2.56. The van der Waals surface area contributed by atoms with E-state index in [0.29, 0.717) is 98.8 Å². The van der Waals surface area contributed by atoms with E-state index < -0.39 is 265 Å². The van der Waals surface area contributed by atoms with Crippen molar-refractivity contribution >= 4 is 133 Å². The molecule has 0 saturated heterocycles. The molecule has 0 unspecified atom stereocenters. The molecule has 0 aromatic heterocycles. The minimum Gasteiger partial charge on any atom is -0.309 e. The van der Waals surface area contributed by atoms with E-state index in [-0.39, 0.29) is 123 Å². The molecule has 0 fully saturated rings. The Bertz CT molecular complexity index is 11000. The summed E-state index contributed by atoms with van der Waals surface area (Å²) in [5.41, 5.74) is 0.922. The fourth-order valence-electron chi connectivity index (χ4n) is 17.9. The molecular formula is C128H84F4N4. The summed E-state index contributed by atoms with van der Waals surface area (Å²) in [5, 5.41) is 7.12. The summed E-state index contributed by atoms with van der Waals surface area (Å²) in [6, 6.07) is 43.0. The zero-order valence-corrected chi connectivity index (χ0v) is 70.7. The third-order valence-electron chi connectivity index (χ3n) is 23.6. The van der Waals surface area contributed by atoms with E-state index in [1.165, 1.54) is 158 Å². The number of halogens is 4. The summed E-state index contributed by atoms with van der Waals surface area (Å²) in [6.07, 6.45) is 0. The van der Waals surface area contributed by atoms with Crippen molar-refractivity contribution in [3.63, 3.8) is 0 Å². The second-order valence-corrected chi connectivity index (χ2v) is 31.4. The van der Waals surface area contributed by atoms with Crippen molar-refractivity contribution in [1.82, 2.24) is 0 Å². The van der Waals surface area contributed by atoms with Gasteiger partial charge in [0.2, 0.25) is 0 Å². The van der Waals surface area contributed by atoms with Crippen molar-refractivity contribution < 1.29 is 72.4 Å². The van der Waals surface area contributed by atoms with Crippen LogP contribution in [0.4, 0.5) is 85.8 Å². The van der Waals surface area contributed by atoms with Crippen LogP contribution in [0, 0.1) is 23.3 Å². The molecule has 136 heavy (non-hydrogen) atoms. The van der Waals surface area contributed by atoms with Crippen molar-refractivity contribution in [2.75, 3.05) is 19.6 Å². The molecule has 0 heterocycles. The number of hydrogen-bond acceptors (Lipinski definition) is 4. The number of benzene rings is 24. The van der Waals surface area contributed by atoms with Crippen LogP contribution in [0.15, 0.2) is 509 Å². The highest BCUT2D eigenvalue weighted by atomic mass is 19.1. The van der Waals surface area contributed by atoms with Crippen LogP contribution in [-0.2, 0) is 0 Å². The van der Waals surface area contributed by atoms with Crippen molar-refractivity contribution in [1.29, 1.82) is 0 Å². The van der Waals surface area contributed by atoms with Crippen LogP contribution in [0.3, 0.4) is 0 Å². The lowest BCUT2D eigenvalue weighted by molar-refractivity contribution is 0.627. The van der Waals surface area contributed by atoms with Gasteiger partial charge in [-0.15, -0.1) is 0 Å². The predicted octanol–water partition coefficient (Wildman–Crippen LogP) is 36.9. The van der Waals surface area contributed by atoms with E-state index in [1.807, 2.05) is 48.5 Å². The molecular weight excluding hydrogens is 1670 g/mol. The summed E-state index contributed by atoms with van der Waals surface area (Å²) in [5.74, 6) is -2.55. The topological polar surface area (TPSA) is 13.0 Å². The maximum atomic E-state index is 15.9. The van der Waals surface area contributed by atoms with Crippen molar-refractivity contribution in [2.45, 2.75) is 0 Å². The Kier molecular flexibility index (Phi) is 13.2. The van der Waals surface area contributed by atoms with Gasteiger partial charge < -0.3 is 19.6 Å². The first-order chi connectivity index (χ1) is 83.7. The lowest BCUT2D eigenvalue weighted by Gasteiger charge is -2.32. The summed E-state index contributed by atoms with van der Waals surface area (Å²) in [6.45, 7) is 0. The molecule has 24 rings (SSSR count). The van der Waals surface area contributed by atoms with E-state index in [4.69, 9.17) is 43.9 Å². The Morgan fingerprint density at radius 2 is 0.397 bits per heavy atom. The van der Waals surface area contributed by atoms with Gasteiger partial charge in [0.15, 0.2) is 0 Å². The van der Waals surface area contributed by atoms with Gasteiger partial charge in [-0.2, -0.15) is 0 Å². The summed E-state index contributed by atoms with van der Waals surface area (Å²) in [7, 11) is 0. The third-order valence-corrected chi connectivity index (χ3v) is 23.6. The highest BCUT2D eigenvalue weighted by molar-refractivity contribution is 6.31. The first-order valence-electron chi connectivity index (χ1n) is 62.5. The lowest BCUT2D eigenvalue weighted by Crippen LogP contribution is -2.13. The van der Waals surface area contributed by atoms with E-state index in [0.717, 1.165) is 0 Å². The molecule has 0 saturated carbocycles. The average Bonchev–Trinajstić information content (AvgIpc) is 0.709. The lowest BCUT2D eigenvalue weighted by atomic mass is 9.90. The summed E-state index contributed by atoms with van der Waals surface area (Å²) < 4.78 is 413. The number of hydrogen-bond donors (Lipinski definition) is 0. The van der Waals surface area contributed by atoms with Crippen LogP contribution in [0.2, 0.25) is 0 Å². The molecule has 0 N–H and O–H groups in total. The largest absolute Gasteiger partial charge is 0.309 e. The Labute approximate surface area is 842 Å². The zero-order valence-electron chi connectivity index (χ0n) is 111. The molecule has 0 bridgehead atoms. The normalized spacial score (nSPS) is 15.5. The van der Waals surface area contributed by atoms with Crippen LogP contribution in [0.25, 0.3) is 154 Å². The Morgan fingerprint density at radius 1 is 0.154 bits per heavy atom. The van der Waals surface area contributed by atoms with E-state index in [2.05, 4.69) is 0 Å². The van der Waals surface area contributed by atoms with Crippen LogP contribution in [0.5, 0.6) is 0 Å². The van der Waals surface area contributed by atoms with Gasteiger partial charge in [-0.05, 0) is 268 Å². The maximum Gasteiger partial charge on any atom is 0.125 e. The number of rotatable bonds is 20. The van der Waals surface area contributed by atoms with E-state index in [1.54, 1.807) is 80.3 Å². The minimum absolute atomic E-state index is 0.0268. The van der Waals surface area contributed by atoms with E-state index >= 15 is 17.6 Å². The van der Waals surface area contributed by atoms with Gasteiger partial charge in [-0.1, -0.05) is 351 Å². The molecule has 0 spiro atoms. The standard InChI is InChI=1S/2C64H42F2N2/c65-51-25-14-27-53(41-51)67(60-35-31-48(43-16-5-1-6-17-43)38-57(60)45-20-9-3-10-21-45)59-37-33-50-40-62(55-29-13-24-47-30-34-56(59)64(50)63(47)55)68(54-28-15-26-52(66)42-54)61-36-32-49(44-18-7-2-8-19-44)39-58(61)46-22-11-4-12-23-46;65-51-28-32-53(33-29-51)67(60-37-25-48(43-14-5-1-6-15-43)40-57(60)45-18-9-3-10-19-45)59-39-27-50-42-62(55-23-13-22-47-24-36-56(59)64(50)63(47)55)68(54-34-30-52(66)31-35-54)61-38-26-49(44-16-7-2-8-17-44)41-58(61)46-20-11-4-12-21-46/h2*1-42H/i1D,2D,3D,4D,5D,6D,7D,8D,9D,10D,11D,12D,16D,17D,18D,19D,20D,21D,22D,23D;1D,2D,3D,4D,5D,6D,7D,8D,9D,10D,11D,12D,14D,15D,16D,17D,18D,19D,20D,21D. The molecule has 0 atom stereocenters. The van der Waals surface area contributed by atoms with Crippen LogP contribution < -0.4 is 19.6 Å². The SMILES string of the molecule is [2H]c1c([2H])c([2H])c(-c2ccc(N(c3ccc(F)cc3)c3cc4ccc(N(c5ccc(F)cc5)c5ccc(-c6c([2H])c([2H])c([2H])c([2H])c6[2H])cc5-c5c([2H])c([2H])c([2H])c([2H])c5[2H])c5ccc6cccc3c6c45)c(-c3c([2H])c([2H])c([2H])c([2H])c3[2H])c2)c([2H])c1[2H].[2H]c1c([2H])c([2H])c(-c2ccc(N(c3cccc(F)c3)c3cc4ccc(N(c5cccc(F)c5)c5ccc(-c6c([2H])c([2H])c([2H])c([2H])c6[2H])cc5-c5c([2H])c([2H])c([2H])c([2H])c5[2H])c5ccc6cccc3c6c45)c(-c3c([2H])c([2H])c([2H])c([2H])c3[2H])c2)c([2H])c1[2H]. The summed E-state index contributed by atoms with van der Waals surface area (Å²) in [4.78, 5) is 6.67. The molecule has 0 aliphatic rings. The molecule has 0 aliphatic carbocycles. The second-order valence-electron chi connectivity index (χ2n) is 31.4. The van der Waals surface area contributed by atoms with Gasteiger partial charge in [0, 0.05) is 66.5 Å². The minimum atomic E-state index is -0.693. The van der Waals surface area contributed by atoms with Gasteiger partial charge in [-0.25, -0.2) is 17.6 Å². The molecule has 0 aliphatic heterocycles. The average molecular weight is 1790 g/mol.